The predicted molar refractivity (Wildman–Crippen MR) is 55.4 cm³/mol. The van der Waals surface area contributed by atoms with Crippen molar-refractivity contribution in [3.63, 3.8) is 0 Å². The standard InChI is InChI=1S/C10H11NO2S/c12-9(13)5-4-8-6-14-10(11-8)7-2-1-3-7/h4-7H,1-3H2,(H,12,13)/b5-4+. The number of thiazole rings is 1. The van der Waals surface area contributed by atoms with Gasteiger partial charge in [0.25, 0.3) is 0 Å². The summed E-state index contributed by atoms with van der Waals surface area (Å²) in [5.41, 5.74) is 0.763. The first-order chi connectivity index (χ1) is 6.75. The molecule has 0 unspecified atom stereocenters. The Morgan fingerprint density at radius 2 is 2.43 bits per heavy atom. The van der Waals surface area contributed by atoms with E-state index in [0.29, 0.717) is 5.92 Å². The highest BCUT2D eigenvalue weighted by molar-refractivity contribution is 7.09. The molecule has 0 aliphatic heterocycles. The maximum atomic E-state index is 10.3. The number of aromatic nitrogens is 1. The summed E-state index contributed by atoms with van der Waals surface area (Å²) in [6, 6.07) is 0. The minimum atomic E-state index is -0.928. The second-order valence-corrected chi connectivity index (χ2v) is 4.30. The third-order valence-corrected chi connectivity index (χ3v) is 3.42. The lowest BCUT2D eigenvalue weighted by Gasteiger charge is -2.22. The minimum Gasteiger partial charge on any atom is -0.478 e. The lowest BCUT2D eigenvalue weighted by atomic mass is 9.86. The Bertz CT molecular complexity index is 366. The largest absolute Gasteiger partial charge is 0.478 e. The number of hydrogen-bond donors (Lipinski definition) is 1. The molecule has 0 spiro atoms. The van der Waals surface area contributed by atoms with E-state index in [2.05, 4.69) is 4.98 Å². The van der Waals surface area contributed by atoms with Crippen molar-refractivity contribution in [2.75, 3.05) is 0 Å². The van der Waals surface area contributed by atoms with Crippen LogP contribution >= 0.6 is 11.3 Å². The van der Waals surface area contributed by atoms with E-state index in [9.17, 15) is 4.79 Å². The molecule has 0 amide bonds. The van der Waals surface area contributed by atoms with E-state index in [1.54, 1.807) is 17.4 Å². The van der Waals surface area contributed by atoms with Crippen molar-refractivity contribution in [1.29, 1.82) is 0 Å². The van der Waals surface area contributed by atoms with E-state index in [1.165, 1.54) is 19.3 Å². The van der Waals surface area contributed by atoms with Crippen LogP contribution < -0.4 is 0 Å². The fraction of sp³-hybridized carbons (Fsp3) is 0.400. The number of hydrogen-bond acceptors (Lipinski definition) is 3. The van der Waals surface area contributed by atoms with Crippen LogP contribution in [0.4, 0.5) is 0 Å². The van der Waals surface area contributed by atoms with E-state index in [4.69, 9.17) is 5.11 Å². The van der Waals surface area contributed by atoms with Crippen molar-refractivity contribution in [3.8, 4) is 0 Å². The molecular weight excluding hydrogens is 198 g/mol. The lowest BCUT2D eigenvalue weighted by molar-refractivity contribution is -0.131. The Balaban J connectivity index is 2.05. The molecule has 1 saturated carbocycles. The van der Waals surface area contributed by atoms with Crippen LogP contribution in [0.2, 0.25) is 0 Å². The highest BCUT2D eigenvalue weighted by atomic mass is 32.1. The third kappa shape index (κ3) is 2.01. The van der Waals surface area contributed by atoms with Crippen molar-refractivity contribution in [2.24, 2.45) is 0 Å². The average molecular weight is 209 g/mol. The summed E-state index contributed by atoms with van der Waals surface area (Å²) in [6.45, 7) is 0. The Hall–Kier alpha value is -1.16. The van der Waals surface area contributed by atoms with Gasteiger partial charge in [-0.15, -0.1) is 11.3 Å². The van der Waals surface area contributed by atoms with Gasteiger partial charge in [0.05, 0.1) is 10.7 Å². The number of carbonyl (C=O) groups is 1. The van der Waals surface area contributed by atoms with Crippen LogP contribution in [0.5, 0.6) is 0 Å². The first-order valence-corrected chi connectivity index (χ1v) is 5.50. The van der Waals surface area contributed by atoms with Gasteiger partial charge in [0, 0.05) is 17.4 Å². The van der Waals surface area contributed by atoms with Crippen LogP contribution in [0.25, 0.3) is 6.08 Å². The molecule has 14 heavy (non-hydrogen) atoms. The van der Waals surface area contributed by atoms with Crippen molar-refractivity contribution in [3.05, 3.63) is 22.2 Å². The average Bonchev–Trinajstić information content (AvgIpc) is 2.46. The molecule has 1 aliphatic rings. The molecular formula is C10H11NO2S. The zero-order valence-corrected chi connectivity index (χ0v) is 8.46. The van der Waals surface area contributed by atoms with Crippen molar-refractivity contribution in [2.45, 2.75) is 25.2 Å². The Labute approximate surface area is 86.1 Å². The molecule has 1 aliphatic carbocycles. The van der Waals surface area contributed by atoms with Crippen molar-refractivity contribution < 1.29 is 9.90 Å². The first-order valence-electron chi connectivity index (χ1n) is 4.62. The lowest BCUT2D eigenvalue weighted by Crippen LogP contribution is -2.07. The molecule has 1 fully saturated rings. The summed E-state index contributed by atoms with van der Waals surface area (Å²) in [5, 5.41) is 11.5. The summed E-state index contributed by atoms with van der Waals surface area (Å²) >= 11 is 1.63. The Morgan fingerprint density at radius 1 is 1.64 bits per heavy atom. The number of carboxylic acid groups (broad SMARTS) is 1. The molecule has 4 heteroatoms. The summed E-state index contributed by atoms with van der Waals surface area (Å²) in [7, 11) is 0. The van der Waals surface area contributed by atoms with E-state index < -0.39 is 5.97 Å². The molecule has 1 heterocycles. The molecule has 2 rings (SSSR count). The molecule has 0 aromatic carbocycles. The third-order valence-electron chi connectivity index (χ3n) is 2.39. The van der Waals surface area contributed by atoms with Crippen LogP contribution in [0.15, 0.2) is 11.5 Å². The molecule has 0 radical (unpaired) electrons. The normalized spacial score (nSPS) is 17.1. The number of carboxylic acids is 1. The van der Waals surface area contributed by atoms with Crippen LogP contribution in [0.1, 0.15) is 35.9 Å². The van der Waals surface area contributed by atoms with Gasteiger partial charge in [-0.05, 0) is 18.9 Å². The van der Waals surface area contributed by atoms with Crippen LogP contribution in [0.3, 0.4) is 0 Å². The van der Waals surface area contributed by atoms with Crippen molar-refractivity contribution in [1.82, 2.24) is 4.98 Å². The van der Waals surface area contributed by atoms with Crippen LogP contribution in [-0.2, 0) is 4.79 Å². The Kier molecular flexibility index (Phi) is 2.63. The quantitative estimate of drug-likeness (QED) is 0.778. The summed E-state index contributed by atoms with van der Waals surface area (Å²) in [4.78, 5) is 14.6. The monoisotopic (exact) mass is 209 g/mol. The van der Waals surface area contributed by atoms with Gasteiger partial charge in [-0.1, -0.05) is 6.42 Å². The number of rotatable bonds is 3. The van der Waals surface area contributed by atoms with E-state index in [1.807, 2.05) is 5.38 Å². The maximum absolute atomic E-state index is 10.3. The van der Waals surface area contributed by atoms with Gasteiger partial charge in [-0.3, -0.25) is 0 Å². The van der Waals surface area contributed by atoms with Crippen LogP contribution in [0, 0.1) is 0 Å². The van der Waals surface area contributed by atoms with Gasteiger partial charge in [0.2, 0.25) is 0 Å². The van der Waals surface area contributed by atoms with Gasteiger partial charge in [-0.2, -0.15) is 0 Å². The van der Waals surface area contributed by atoms with E-state index >= 15 is 0 Å². The molecule has 0 saturated heterocycles. The fourth-order valence-electron chi connectivity index (χ4n) is 1.38. The van der Waals surface area contributed by atoms with Gasteiger partial charge in [0.1, 0.15) is 0 Å². The van der Waals surface area contributed by atoms with Gasteiger partial charge >= 0.3 is 5.97 Å². The number of aliphatic carboxylic acids is 1. The van der Waals surface area contributed by atoms with Gasteiger partial charge in [0.15, 0.2) is 0 Å². The molecule has 1 aromatic heterocycles. The molecule has 1 N–H and O–H groups in total. The molecule has 74 valence electrons. The smallest absolute Gasteiger partial charge is 0.328 e. The summed E-state index contributed by atoms with van der Waals surface area (Å²) in [6.07, 6.45) is 6.43. The van der Waals surface area contributed by atoms with Gasteiger partial charge < -0.3 is 5.11 Å². The second-order valence-electron chi connectivity index (χ2n) is 3.41. The Morgan fingerprint density at radius 3 is 3.00 bits per heavy atom. The van der Waals surface area contributed by atoms with Crippen molar-refractivity contribution >= 4 is 23.4 Å². The highest BCUT2D eigenvalue weighted by Gasteiger charge is 2.21. The molecule has 1 aromatic rings. The van der Waals surface area contributed by atoms with Gasteiger partial charge in [-0.25, -0.2) is 9.78 Å². The fourth-order valence-corrected chi connectivity index (χ4v) is 2.34. The summed E-state index contributed by atoms with van der Waals surface area (Å²) in [5.74, 6) is -0.296. The zero-order valence-electron chi connectivity index (χ0n) is 7.64. The molecule has 0 atom stereocenters. The van der Waals surface area contributed by atoms with E-state index in [-0.39, 0.29) is 0 Å². The SMILES string of the molecule is O=C(O)/C=C/c1csc(C2CCC2)n1. The zero-order chi connectivity index (χ0) is 9.97. The predicted octanol–water partition coefficient (Wildman–Crippen LogP) is 2.51. The molecule has 3 nitrogen and oxygen atoms in total. The molecule has 0 bridgehead atoms. The minimum absolute atomic E-state index is 0.631. The maximum Gasteiger partial charge on any atom is 0.328 e. The summed E-state index contributed by atoms with van der Waals surface area (Å²) < 4.78 is 0. The van der Waals surface area contributed by atoms with Crippen LogP contribution in [-0.4, -0.2) is 16.1 Å². The topological polar surface area (TPSA) is 50.2 Å². The first kappa shape index (κ1) is 9.40. The second kappa shape index (κ2) is 3.92. The highest BCUT2D eigenvalue weighted by Crippen LogP contribution is 2.37. The van der Waals surface area contributed by atoms with E-state index in [0.717, 1.165) is 16.8 Å². The number of nitrogens with zero attached hydrogens (tertiary/aromatic N) is 1.